The Morgan fingerprint density at radius 2 is 0.804 bits per heavy atom. The third kappa shape index (κ3) is 6.04. The summed E-state index contributed by atoms with van der Waals surface area (Å²) in [6.07, 6.45) is 0. The molecule has 0 N–H and O–H groups in total. The van der Waals surface area contributed by atoms with Crippen molar-refractivity contribution in [2.75, 3.05) is 0 Å². The highest BCUT2D eigenvalue weighted by molar-refractivity contribution is 6.20. The smallest absolute Gasteiger partial charge is 0.164 e. The molecule has 4 nitrogen and oxygen atoms in total. The molecule has 0 aliphatic rings. The third-order valence-corrected chi connectivity index (χ3v) is 10.5. The topological polar surface area (TPSA) is 62.5 Å². The third-order valence-electron chi connectivity index (χ3n) is 10.5. The van der Waals surface area contributed by atoms with Crippen LogP contribution in [-0.2, 0) is 0 Å². The summed E-state index contributed by atoms with van der Waals surface area (Å²) in [7, 11) is 0. The van der Waals surface area contributed by atoms with Gasteiger partial charge in [0.15, 0.2) is 17.5 Å². The van der Waals surface area contributed by atoms with Gasteiger partial charge in [0.05, 0.1) is 11.6 Å². The SMILES string of the molecule is N#Cc1ccc(-c2cccc(-c3nc(-c4ccc(-c5c6ccccc6cc6c5ccc5ccccc56)cc4)nc(-c4cccc(-c5ccccc5)c4)n3)c2)cc1. The van der Waals surface area contributed by atoms with E-state index in [4.69, 9.17) is 15.0 Å². The van der Waals surface area contributed by atoms with Crippen LogP contribution in [0.3, 0.4) is 0 Å². The number of hydrogen-bond donors (Lipinski definition) is 0. The molecule has 260 valence electrons. The second-order valence-electron chi connectivity index (χ2n) is 14.0. The van der Waals surface area contributed by atoms with Crippen LogP contribution in [0.25, 0.3) is 99.9 Å². The molecule has 0 atom stereocenters. The average Bonchev–Trinajstić information content (AvgIpc) is 3.28. The van der Waals surface area contributed by atoms with Gasteiger partial charge in [0, 0.05) is 16.7 Å². The summed E-state index contributed by atoms with van der Waals surface area (Å²) in [5, 5.41) is 16.7. The van der Waals surface area contributed by atoms with E-state index in [2.05, 4.69) is 158 Å². The van der Waals surface area contributed by atoms with E-state index in [1.807, 2.05) is 42.5 Å². The molecule has 0 fully saturated rings. The molecule has 0 radical (unpaired) electrons. The highest BCUT2D eigenvalue weighted by atomic mass is 15.0. The van der Waals surface area contributed by atoms with Gasteiger partial charge < -0.3 is 0 Å². The van der Waals surface area contributed by atoms with E-state index in [0.717, 1.165) is 44.5 Å². The molecule has 0 saturated carbocycles. The van der Waals surface area contributed by atoms with Crippen LogP contribution in [-0.4, -0.2) is 15.0 Å². The molecule has 0 unspecified atom stereocenters. The number of hydrogen-bond acceptors (Lipinski definition) is 4. The fourth-order valence-corrected chi connectivity index (χ4v) is 7.72. The summed E-state index contributed by atoms with van der Waals surface area (Å²) < 4.78 is 0. The Hall–Kier alpha value is -7.74. The van der Waals surface area contributed by atoms with E-state index in [9.17, 15) is 5.26 Å². The van der Waals surface area contributed by atoms with Crippen molar-refractivity contribution in [2.24, 2.45) is 0 Å². The van der Waals surface area contributed by atoms with E-state index in [1.54, 1.807) is 0 Å². The first-order chi connectivity index (χ1) is 27.7. The Morgan fingerprint density at radius 3 is 1.46 bits per heavy atom. The van der Waals surface area contributed by atoms with E-state index in [1.165, 1.54) is 37.9 Å². The van der Waals surface area contributed by atoms with Crippen LogP contribution in [0.2, 0.25) is 0 Å². The lowest BCUT2D eigenvalue weighted by molar-refractivity contribution is 1.07. The standard InChI is InChI=1S/C52H32N4/c53-33-34-20-22-36(23-21-34)41-15-9-17-44(31-41)52-55-50(54-51(56-52)43-16-8-14-40(30-43)35-10-2-1-3-11-35)39-26-24-38(25-27-39)49-46-19-7-5-13-42(46)32-48-45-18-6-4-12-37(45)28-29-47(48)49/h1-32H. The zero-order valence-electron chi connectivity index (χ0n) is 30.3. The predicted octanol–water partition coefficient (Wildman–Crippen LogP) is 13.2. The molecule has 10 rings (SSSR count). The molecule has 9 aromatic carbocycles. The molecular formula is C52H32N4. The molecule has 0 aliphatic carbocycles. The fraction of sp³-hybridized carbons (Fsp3) is 0. The molecule has 1 aromatic heterocycles. The predicted molar refractivity (Wildman–Crippen MR) is 230 cm³/mol. The van der Waals surface area contributed by atoms with Crippen molar-refractivity contribution in [1.29, 1.82) is 5.26 Å². The lowest BCUT2D eigenvalue weighted by atomic mass is 9.89. The van der Waals surface area contributed by atoms with Crippen molar-refractivity contribution in [1.82, 2.24) is 15.0 Å². The summed E-state index contributed by atoms with van der Waals surface area (Å²) in [6, 6.07) is 69.5. The first-order valence-electron chi connectivity index (χ1n) is 18.7. The van der Waals surface area contributed by atoms with Gasteiger partial charge >= 0.3 is 0 Å². The van der Waals surface area contributed by atoms with Crippen molar-refractivity contribution in [3.05, 3.63) is 200 Å². The van der Waals surface area contributed by atoms with Gasteiger partial charge in [-0.15, -0.1) is 0 Å². The largest absolute Gasteiger partial charge is 0.208 e. The number of aromatic nitrogens is 3. The van der Waals surface area contributed by atoms with Gasteiger partial charge in [-0.2, -0.15) is 5.26 Å². The van der Waals surface area contributed by atoms with Crippen molar-refractivity contribution >= 4 is 32.3 Å². The minimum atomic E-state index is 0.585. The summed E-state index contributed by atoms with van der Waals surface area (Å²) in [4.78, 5) is 15.3. The van der Waals surface area contributed by atoms with Crippen LogP contribution in [0.1, 0.15) is 5.56 Å². The second-order valence-corrected chi connectivity index (χ2v) is 14.0. The number of nitrogens with zero attached hydrogens (tertiary/aromatic N) is 4. The summed E-state index contributed by atoms with van der Waals surface area (Å²) in [5.41, 5.74) is 9.90. The van der Waals surface area contributed by atoms with Gasteiger partial charge in [0.25, 0.3) is 0 Å². The first-order valence-corrected chi connectivity index (χ1v) is 18.7. The number of benzene rings is 9. The van der Waals surface area contributed by atoms with Crippen molar-refractivity contribution in [3.63, 3.8) is 0 Å². The van der Waals surface area contributed by atoms with Gasteiger partial charge in [0.1, 0.15) is 0 Å². The van der Waals surface area contributed by atoms with E-state index in [-0.39, 0.29) is 0 Å². The minimum Gasteiger partial charge on any atom is -0.208 e. The van der Waals surface area contributed by atoms with Gasteiger partial charge in [-0.3, -0.25) is 0 Å². The Labute approximate surface area is 324 Å². The lowest BCUT2D eigenvalue weighted by Crippen LogP contribution is -2.00. The average molecular weight is 713 g/mol. The zero-order valence-corrected chi connectivity index (χ0v) is 30.3. The Morgan fingerprint density at radius 1 is 0.304 bits per heavy atom. The van der Waals surface area contributed by atoms with Gasteiger partial charge in [0.2, 0.25) is 0 Å². The van der Waals surface area contributed by atoms with E-state index in [0.29, 0.717) is 23.0 Å². The maximum atomic E-state index is 9.33. The van der Waals surface area contributed by atoms with Crippen LogP contribution in [0, 0.1) is 11.3 Å². The van der Waals surface area contributed by atoms with Crippen molar-refractivity contribution in [2.45, 2.75) is 0 Å². The molecule has 4 heteroatoms. The van der Waals surface area contributed by atoms with Crippen LogP contribution >= 0.6 is 0 Å². The molecule has 10 aromatic rings. The van der Waals surface area contributed by atoms with Crippen LogP contribution in [0.15, 0.2) is 194 Å². The van der Waals surface area contributed by atoms with Crippen molar-refractivity contribution < 1.29 is 0 Å². The Kier molecular flexibility index (Phi) is 8.17. The number of nitriles is 1. The fourth-order valence-electron chi connectivity index (χ4n) is 7.72. The highest BCUT2D eigenvalue weighted by Gasteiger charge is 2.16. The maximum absolute atomic E-state index is 9.33. The highest BCUT2D eigenvalue weighted by Crippen LogP contribution is 2.40. The Balaban J connectivity index is 1.11. The lowest BCUT2D eigenvalue weighted by Gasteiger charge is -2.15. The molecule has 0 aliphatic heterocycles. The van der Waals surface area contributed by atoms with Crippen molar-refractivity contribution in [3.8, 4) is 73.6 Å². The van der Waals surface area contributed by atoms with Crippen LogP contribution in [0.5, 0.6) is 0 Å². The molecular weight excluding hydrogens is 681 g/mol. The van der Waals surface area contributed by atoms with E-state index >= 15 is 0 Å². The van der Waals surface area contributed by atoms with Gasteiger partial charge in [-0.1, -0.05) is 164 Å². The molecule has 0 saturated heterocycles. The molecule has 1 heterocycles. The van der Waals surface area contributed by atoms with Crippen LogP contribution < -0.4 is 0 Å². The van der Waals surface area contributed by atoms with E-state index < -0.39 is 0 Å². The van der Waals surface area contributed by atoms with Crippen LogP contribution in [0.4, 0.5) is 0 Å². The number of fused-ring (bicyclic) bond motifs is 4. The summed E-state index contributed by atoms with van der Waals surface area (Å²) >= 11 is 0. The zero-order chi connectivity index (χ0) is 37.4. The monoisotopic (exact) mass is 712 g/mol. The maximum Gasteiger partial charge on any atom is 0.164 e. The Bertz CT molecular complexity index is 3130. The summed E-state index contributed by atoms with van der Waals surface area (Å²) in [5.74, 6) is 1.78. The molecule has 0 bridgehead atoms. The molecule has 0 amide bonds. The minimum absolute atomic E-state index is 0.585. The molecule has 0 spiro atoms. The quantitative estimate of drug-likeness (QED) is 0.127. The first kappa shape index (κ1) is 32.9. The second kappa shape index (κ2) is 13.9. The van der Waals surface area contributed by atoms with Gasteiger partial charge in [-0.05, 0) is 96.0 Å². The van der Waals surface area contributed by atoms with Gasteiger partial charge in [-0.25, -0.2) is 15.0 Å². The molecule has 56 heavy (non-hydrogen) atoms. The summed E-state index contributed by atoms with van der Waals surface area (Å²) in [6.45, 7) is 0. The number of rotatable bonds is 6. The normalized spacial score (nSPS) is 11.2.